The van der Waals surface area contributed by atoms with Gasteiger partial charge in [0, 0.05) is 18.0 Å². The second-order valence-corrected chi connectivity index (χ2v) is 7.43. The Kier molecular flexibility index (Phi) is 6.14. The quantitative estimate of drug-likeness (QED) is 0.592. The average Bonchev–Trinajstić information content (AvgIpc) is 3.42. The number of carbonyl (C=O) groups excluding carboxylic acids is 1. The number of ether oxygens (including phenoxy) is 2. The number of oxazole rings is 1. The summed E-state index contributed by atoms with van der Waals surface area (Å²) in [6.07, 6.45) is 2.38. The number of aryl methyl sites for hydroxylation is 1. The van der Waals surface area contributed by atoms with Crippen LogP contribution in [0.1, 0.15) is 35.9 Å². The van der Waals surface area contributed by atoms with Crippen LogP contribution in [-0.2, 0) is 16.0 Å². The summed E-state index contributed by atoms with van der Waals surface area (Å²) in [6, 6.07) is 17.8. The molecule has 2 aromatic carbocycles. The summed E-state index contributed by atoms with van der Waals surface area (Å²) in [5.74, 6) is 2.07. The fraction of sp³-hybridized carbons (Fsp3) is 0.333. The zero-order valence-corrected chi connectivity index (χ0v) is 17.3. The maximum Gasteiger partial charge on any atom is 0.322 e. The van der Waals surface area contributed by atoms with Crippen molar-refractivity contribution in [1.29, 1.82) is 0 Å². The molecule has 2 heterocycles. The number of carbonyl (C=O) groups is 1. The van der Waals surface area contributed by atoms with Crippen molar-refractivity contribution in [3.8, 4) is 17.2 Å². The van der Waals surface area contributed by atoms with Gasteiger partial charge in [-0.2, -0.15) is 0 Å². The number of nitrogens with one attached hydrogen (secondary N) is 1. The third kappa shape index (κ3) is 4.54. The first-order chi connectivity index (χ1) is 14.6. The van der Waals surface area contributed by atoms with E-state index in [2.05, 4.69) is 10.3 Å². The first-order valence-electron chi connectivity index (χ1n) is 10.2. The summed E-state index contributed by atoms with van der Waals surface area (Å²) in [6.45, 7) is 2.45. The third-order valence-corrected chi connectivity index (χ3v) is 5.44. The minimum Gasteiger partial charge on any atom is -0.493 e. The van der Waals surface area contributed by atoms with Crippen LogP contribution in [0.15, 0.2) is 59.0 Å². The molecule has 0 spiro atoms. The molecule has 3 aromatic rings. The van der Waals surface area contributed by atoms with Gasteiger partial charge in [-0.3, -0.25) is 10.1 Å². The van der Waals surface area contributed by atoms with Crippen molar-refractivity contribution >= 4 is 5.97 Å². The maximum atomic E-state index is 11.7. The van der Waals surface area contributed by atoms with E-state index < -0.39 is 0 Å². The number of rotatable bonds is 7. The summed E-state index contributed by atoms with van der Waals surface area (Å²) in [4.78, 5) is 16.3. The minimum atomic E-state index is -0.220. The number of benzene rings is 2. The molecular weight excluding hydrogens is 380 g/mol. The number of esters is 1. The van der Waals surface area contributed by atoms with Crippen LogP contribution in [0.25, 0.3) is 11.5 Å². The minimum absolute atomic E-state index is 0.164. The zero-order valence-electron chi connectivity index (χ0n) is 17.3. The Morgan fingerprint density at radius 3 is 2.63 bits per heavy atom. The molecule has 1 fully saturated rings. The van der Waals surface area contributed by atoms with Gasteiger partial charge in [-0.25, -0.2) is 4.98 Å². The maximum absolute atomic E-state index is 11.7. The lowest BCUT2D eigenvalue weighted by Crippen LogP contribution is -2.33. The first kappa shape index (κ1) is 20.2. The van der Waals surface area contributed by atoms with Crippen LogP contribution < -0.4 is 10.1 Å². The SMILES string of the molecule is COC(=O)[C@@H]1CC[C@@H](c2ccc(OCCc3nc(-c4ccccc4)oc3C)cc2)N1. The molecule has 0 radical (unpaired) electrons. The Morgan fingerprint density at radius 2 is 1.90 bits per heavy atom. The highest BCUT2D eigenvalue weighted by Crippen LogP contribution is 2.28. The van der Waals surface area contributed by atoms with E-state index in [1.54, 1.807) is 0 Å². The standard InChI is InChI=1S/C24H26N2O4/c1-16-20(26-23(30-16)18-6-4-3-5-7-18)14-15-29-19-10-8-17(9-11-19)21-12-13-22(25-21)24(27)28-2/h3-11,21-22,25H,12-15H2,1-2H3/t21-,22-/m0/s1. The molecule has 0 saturated carbocycles. The molecule has 6 heteroatoms. The van der Waals surface area contributed by atoms with Crippen LogP contribution >= 0.6 is 0 Å². The second kappa shape index (κ2) is 9.13. The summed E-state index contributed by atoms with van der Waals surface area (Å²) < 4.78 is 16.5. The molecule has 0 amide bonds. The van der Waals surface area contributed by atoms with Gasteiger partial charge in [0.15, 0.2) is 0 Å². The van der Waals surface area contributed by atoms with Crippen LogP contribution in [0.3, 0.4) is 0 Å². The van der Waals surface area contributed by atoms with Crippen molar-refractivity contribution in [1.82, 2.24) is 10.3 Å². The molecule has 6 nitrogen and oxygen atoms in total. The summed E-state index contributed by atoms with van der Waals surface area (Å²) in [7, 11) is 1.42. The van der Waals surface area contributed by atoms with Gasteiger partial charge in [-0.1, -0.05) is 30.3 Å². The topological polar surface area (TPSA) is 73.6 Å². The number of hydrogen-bond acceptors (Lipinski definition) is 6. The van der Waals surface area contributed by atoms with E-state index in [9.17, 15) is 4.79 Å². The van der Waals surface area contributed by atoms with Gasteiger partial charge >= 0.3 is 5.97 Å². The van der Waals surface area contributed by atoms with Gasteiger partial charge in [-0.15, -0.1) is 0 Å². The molecule has 1 N–H and O–H groups in total. The van der Waals surface area contributed by atoms with Crippen LogP contribution in [0.5, 0.6) is 5.75 Å². The molecule has 1 aromatic heterocycles. The fourth-order valence-corrected chi connectivity index (χ4v) is 3.76. The Bertz CT molecular complexity index is 982. The normalized spacial score (nSPS) is 18.3. The predicted octanol–water partition coefficient (Wildman–Crippen LogP) is 4.24. The Labute approximate surface area is 176 Å². The molecule has 0 bridgehead atoms. The van der Waals surface area contributed by atoms with E-state index in [1.165, 1.54) is 7.11 Å². The molecule has 1 aliphatic heterocycles. The zero-order chi connectivity index (χ0) is 20.9. The van der Waals surface area contributed by atoms with E-state index in [4.69, 9.17) is 13.9 Å². The predicted molar refractivity (Wildman–Crippen MR) is 113 cm³/mol. The third-order valence-electron chi connectivity index (χ3n) is 5.44. The Hall–Kier alpha value is -3.12. The van der Waals surface area contributed by atoms with Crippen molar-refractivity contribution in [3.63, 3.8) is 0 Å². The van der Waals surface area contributed by atoms with Crippen molar-refractivity contribution < 1.29 is 18.7 Å². The van der Waals surface area contributed by atoms with Crippen molar-refractivity contribution in [2.75, 3.05) is 13.7 Å². The van der Waals surface area contributed by atoms with E-state index >= 15 is 0 Å². The lowest BCUT2D eigenvalue weighted by molar-refractivity contribution is -0.142. The van der Waals surface area contributed by atoms with Gasteiger partial charge < -0.3 is 13.9 Å². The molecule has 2 atom stereocenters. The van der Waals surface area contributed by atoms with E-state index in [0.717, 1.165) is 41.2 Å². The van der Waals surface area contributed by atoms with Crippen LogP contribution in [0.4, 0.5) is 0 Å². The molecule has 156 valence electrons. The highest BCUT2D eigenvalue weighted by atomic mass is 16.5. The highest BCUT2D eigenvalue weighted by molar-refractivity contribution is 5.76. The molecule has 30 heavy (non-hydrogen) atoms. The number of aromatic nitrogens is 1. The van der Waals surface area contributed by atoms with E-state index in [-0.39, 0.29) is 18.1 Å². The number of hydrogen-bond donors (Lipinski definition) is 1. The monoisotopic (exact) mass is 406 g/mol. The van der Waals surface area contributed by atoms with Gasteiger partial charge in [0.25, 0.3) is 0 Å². The lowest BCUT2D eigenvalue weighted by Gasteiger charge is -2.14. The first-order valence-corrected chi connectivity index (χ1v) is 10.2. The van der Waals surface area contributed by atoms with Crippen molar-refractivity contribution in [2.24, 2.45) is 0 Å². The summed E-state index contributed by atoms with van der Waals surface area (Å²) in [5, 5.41) is 3.33. The lowest BCUT2D eigenvalue weighted by atomic mass is 10.1. The van der Waals surface area contributed by atoms with Crippen molar-refractivity contribution in [2.45, 2.75) is 38.3 Å². The molecular formula is C24H26N2O4. The van der Waals surface area contributed by atoms with Crippen LogP contribution in [0.2, 0.25) is 0 Å². The smallest absolute Gasteiger partial charge is 0.322 e. The second-order valence-electron chi connectivity index (χ2n) is 7.43. The number of methoxy groups -OCH3 is 1. The Morgan fingerprint density at radius 1 is 1.13 bits per heavy atom. The molecule has 0 aliphatic carbocycles. The van der Waals surface area contributed by atoms with Gasteiger partial charge in [0.2, 0.25) is 5.89 Å². The van der Waals surface area contributed by atoms with E-state index in [0.29, 0.717) is 18.9 Å². The van der Waals surface area contributed by atoms with Gasteiger partial charge in [0.05, 0.1) is 19.4 Å². The Balaban J connectivity index is 1.30. The van der Waals surface area contributed by atoms with Crippen LogP contribution in [0, 0.1) is 6.92 Å². The fourth-order valence-electron chi connectivity index (χ4n) is 3.76. The largest absolute Gasteiger partial charge is 0.493 e. The summed E-state index contributed by atoms with van der Waals surface area (Å²) >= 11 is 0. The number of nitrogens with zero attached hydrogens (tertiary/aromatic N) is 1. The molecule has 1 aliphatic rings. The highest BCUT2D eigenvalue weighted by Gasteiger charge is 2.30. The van der Waals surface area contributed by atoms with E-state index in [1.807, 2.05) is 61.5 Å². The molecule has 0 unspecified atom stereocenters. The van der Waals surface area contributed by atoms with Gasteiger partial charge in [-0.05, 0) is 49.6 Å². The average molecular weight is 406 g/mol. The van der Waals surface area contributed by atoms with Gasteiger partial charge in [0.1, 0.15) is 17.6 Å². The van der Waals surface area contributed by atoms with Crippen LogP contribution in [-0.4, -0.2) is 30.7 Å². The van der Waals surface area contributed by atoms with Crippen molar-refractivity contribution in [3.05, 3.63) is 71.6 Å². The molecule has 4 rings (SSSR count). The molecule has 1 saturated heterocycles. The summed E-state index contributed by atoms with van der Waals surface area (Å²) in [5.41, 5.74) is 3.03.